The molecule has 1 N–H and O–H groups in total. The van der Waals surface area contributed by atoms with Crippen molar-refractivity contribution in [1.82, 2.24) is 4.72 Å². The fourth-order valence-electron chi connectivity index (χ4n) is 1.92. The van der Waals surface area contributed by atoms with E-state index in [0.717, 1.165) is 18.6 Å². The number of hydrogen-bond acceptors (Lipinski definition) is 4. The van der Waals surface area contributed by atoms with Crippen LogP contribution in [0.5, 0.6) is 0 Å². The predicted octanol–water partition coefficient (Wildman–Crippen LogP) is 1.59. The van der Waals surface area contributed by atoms with Crippen molar-refractivity contribution in [2.24, 2.45) is 5.92 Å². The van der Waals surface area contributed by atoms with Crippen LogP contribution in [0, 0.1) is 5.92 Å². The SMILES string of the molecule is CC1OCCC1CNS(=O)(=O)Cc1ccsc1. The van der Waals surface area contributed by atoms with Crippen molar-refractivity contribution in [3.8, 4) is 0 Å². The van der Waals surface area contributed by atoms with Gasteiger partial charge in [0.1, 0.15) is 0 Å². The third-order valence-corrected chi connectivity index (χ3v) is 5.09. The molecule has 1 aliphatic heterocycles. The van der Waals surface area contributed by atoms with Gasteiger partial charge in [-0.2, -0.15) is 11.3 Å². The Labute approximate surface area is 106 Å². The average Bonchev–Trinajstić information content (AvgIpc) is 2.87. The molecule has 2 heterocycles. The van der Waals surface area contributed by atoms with Crippen molar-refractivity contribution in [3.05, 3.63) is 22.4 Å². The summed E-state index contributed by atoms with van der Waals surface area (Å²) in [7, 11) is -3.21. The molecule has 0 aromatic carbocycles. The van der Waals surface area contributed by atoms with Crippen LogP contribution < -0.4 is 4.72 Å². The summed E-state index contributed by atoms with van der Waals surface area (Å²) in [5, 5.41) is 3.75. The van der Waals surface area contributed by atoms with Crippen molar-refractivity contribution in [1.29, 1.82) is 0 Å². The van der Waals surface area contributed by atoms with Crippen LogP contribution in [0.3, 0.4) is 0 Å². The fourth-order valence-corrected chi connectivity index (χ4v) is 3.89. The third-order valence-electron chi connectivity index (χ3n) is 3.04. The van der Waals surface area contributed by atoms with E-state index in [1.54, 1.807) is 0 Å². The molecule has 0 saturated carbocycles. The van der Waals surface area contributed by atoms with Gasteiger partial charge in [0.15, 0.2) is 0 Å². The quantitative estimate of drug-likeness (QED) is 0.888. The Morgan fingerprint density at radius 3 is 3.00 bits per heavy atom. The van der Waals surface area contributed by atoms with E-state index >= 15 is 0 Å². The normalized spacial score (nSPS) is 25.2. The molecule has 1 aromatic heterocycles. The molecule has 1 aliphatic rings. The summed E-state index contributed by atoms with van der Waals surface area (Å²) in [6, 6.07) is 1.84. The maximum atomic E-state index is 11.8. The number of sulfonamides is 1. The molecule has 0 radical (unpaired) electrons. The molecule has 2 atom stereocenters. The Bertz CT molecular complexity index is 441. The summed E-state index contributed by atoms with van der Waals surface area (Å²) in [6.45, 7) is 3.20. The van der Waals surface area contributed by atoms with Crippen molar-refractivity contribution in [3.63, 3.8) is 0 Å². The molecule has 4 nitrogen and oxygen atoms in total. The lowest BCUT2D eigenvalue weighted by molar-refractivity contribution is 0.107. The van der Waals surface area contributed by atoms with E-state index < -0.39 is 10.0 Å². The fraction of sp³-hybridized carbons (Fsp3) is 0.636. The summed E-state index contributed by atoms with van der Waals surface area (Å²) in [5.41, 5.74) is 0.846. The first-order valence-electron chi connectivity index (χ1n) is 5.67. The molecule has 0 amide bonds. The maximum Gasteiger partial charge on any atom is 0.215 e. The third kappa shape index (κ3) is 3.77. The first-order chi connectivity index (χ1) is 8.07. The number of nitrogens with one attached hydrogen (secondary N) is 1. The molecule has 0 aliphatic carbocycles. The monoisotopic (exact) mass is 275 g/mol. The molecule has 17 heavy (non-hydrogen) atoms. The molecule has 1 saturated heterocycles. The second-order valence-corrected chi connectivity index (χ2v) is 6.95. The van der Waals surface area contributed by atoms with E-state index in [1.165, 1.54) is 11.3 Å². The Kier molecular flexibility index (Phi) is 4.19. The summed E-state index contributed by atoms with van der Waals surface area (Å²) in [4.78, 5) is 0. The van der Waals surface area contributed by atoms with Crippen LogP contribution in [0.25, 0.3) is 0 Å². The number of rotatable bonds is 5. The highest BCUT2D eigenvalue weighted by atomic mass is 32.2. The minimum Gasteiger partial charge on any atom is -0.378 e. The molecular formula is C11H17NO3S2. The highest BCUT2D eigenvalue weighted by Gasteiger charge is 2.25. The minimum absolute atomic E-state index is 0.0679. The Morgan fingerprint density at radius 1 is 1.59 bits per heavy atom. The van der Waals surface area contributed by atoms with E-state index in [2.05, 4.69) is 4.72 Å². The molecule has 2 unspecified atom stereocenters. The van der Waals surface area contributed by atoms with Crippen LogP contribution in [0.1, 0.15) is 18.9 Å². The summed E-state index contributed by atoms with van der Waals surface area (Å²) in [6.07, 6.45) is 1.08. The van der Waals surface area contributed by atoms with Crippen molar-refractivity contribution < 1.29 is 13.2 Å². The van der Waals surface area contributed by atoms with Crippen LogP contribution in [0.2, 0.25) is 0 Å². The van der Waals surface area contributed by atoms with Crippen LogP contribution in [0.4, 0.5) is 0 Å². The second kappa shape index (κ2) is 5.48. The average molecular weight is 275 g/mol. The first kappa shape index (κ1) is 13.0. The van der Waals surface area contributed by atoms with Gasteiger partial charge in [-0.1, -0.05) is 0 Å². The van der Waals surface area contributed by atoms with Crippen molar-refractivity contribution in [2.75, 3.05) is 13.2 Å². The summed E-state index contributed by atoms with van der Waals surface area (Å²) in [5.74, 6) is 0.366. The lowest BCUT2D eigenvalue weighted by atomic mass is 10.0. The van der Waals surface area contributed by atoms with E-state index in [1.807, 2.05) is 23.8 Å². The van der Waals surface area contributed by atoms with Gasteiger partial charge in [0, 0.05) is 19.1 Å². The van der Waals surface area contributed by atoms with E-state index in [4.69, 9.17) is 4.74 Å². The lowest BCUT2D eigenvalue weighted by Gasteiger charge is -2.14. The zero-order valence-corrected chi connectivity index (χ0v) is 11.4. The predicted molar refractivity (Wildman–Crippen MR) is 68.5 cm³/mol. The molecule has 2 rings (SSSR count). The summed E-state index contributed by atoms with van der Waals surface area (Å²) < 4.78 is 31.7. The van der Waals surface area contributed by atoms with Gasteiger partial charge >= 0.3 is 0 Å². The second-order valence-electron chi connectivity index (χ2n) is 4.36. The molecule has 1 aromatic rings. The van der Waals surface area contributed by atoms with Crippen molar-refractivity contribution >= 4 is 21.4 Å². The topological polar surface area (TPSA) is 55.4 Å². The van der Waals surface area contributed by atoms with Gasteiger partial charge in [-0.05, 0) is 35.7 Å². The summed E-state index contributed by atoms with van der Waals surface area (Å²) >= 11 is 1.51. The number of ether oxygens (including phenoxy) is 1. The molecule has 96 valence electrons. The van der Waals surface area contributed by atoms with Gasteiger partial charge in [-0.15, -0.1) is 0 Å². The van der Waals surface area contributed by atoms with Gasteiger partial charge in [-0.3, -0.25) is 0 Å². The van der Waals surface area contributed by atoms with Gasteiger partial charge in [-0.25, -0.2) is 13.1 Å². The smallest absolute Gasteiger partial charge is 0.215 e. The van der Waals surface area contributed by atoms with E-state index in [-0.39, 0.29) is 11.9 Å². The van der Waals surface area contributed by atoms with Crippen LogP contribution >= 0.6 is 11.3 Å². The Morgan fingerprint density at radius 2 is 2.41 bits per heavy atom. The molecule has 1 fully saturated rings. The van der Waals surface area contributed by atoms with Crippen LogP contribution in [-0.2, 0) is 20.5 Å². The molecular weight excluding hydrogens is 258 g/mol. The molecule has 0 bridgehead atoms. The van der Waals surface area contributed by atoms with E-state index in [9.17, 15) is 8.42 Å². The highest BCUT2D eigenvalue weighted by molar-refractivity contribution is 7.88. The highest BCUT2D eigenvalue weighted by Crippen LogP contribution is 2.19. The van der Waals surface area contributed by atoms with Crippen LogP contribution in [-0.4, -0.2) is 27.7 Å². The largest absolute Gasteiger partial charge is 0.378 e. The maximum absolute atomic E-state index is 11.8. The standard InChI is InChI=1S/C11H17NO3S2/c1-9-11(2-4-15-9)6-12-17(13,14)8-10-3-5-16-7-10/h3,5,7,9,11-12H,2,4,6,8H2,1H3. The number of thiophene rings is 1. The van der Waals surface area contributed by atoms with Crippen LogP contribution in [0.15, 0.2) is 16.8 Å². The minimum atomic E-state index is -3.21. The van der Waals surface area contributed by atoms with Gasteiger partial charge in [0.05, 0.1) is 11.9 Å². The Hall–Kier alpha value is -0.430. The Balaban J connectivity index is 1.85. The van der Waals surface area contributed by atoms with Gasteiger partial charge < -0.3 is 4.74 Å². The number of hydrogen-bond donors (Lipinski definition) is 1. The first-order valence-corrected chi connectivity index (χ1v) is 8.26. The van der Waals surface area contributed by atoms with Gasteiger partial charge in [0.25, 0.3) is 0 Å². The van der Waals surface area contributed by atoms with E-state index in [0.29, 0.717) is 12.5 Å². The van der Waals surface area contributed by atoms with Gasteiger partial charge in [0.2, 0.25) is 10.0 Å². The molecule has 6 heteroatoms. The zero-order valence-electron chi connectivity index (χ0n) is 9.76. The molecule has 0 spiro atoms. The zero-order chi connectivity index (χ0) is 12.3. The lowest BCUT2D eigenvalue weighted by Crippen LogP contribution is -2.32. The van der Waals surface area contributed by atoms with Crippen molar-refractivity contribution in [2.45, 2.75) is 25.2 Å².